The number of hydrogen-bond acceptors (Lipinski definition) is 2. The van der Waals surface area contributed by atoms with E-state index < -0.39 is 0 Å². The molecule has 1 N–H and O–H groups in total. The normalized spacial score (nSPS) is 16.4. The number of rotatable bonds is 6. The lowest BCUT2D eigenvalue weighted by Crippen LogP contribution is -2.30. The Morgan fingerprint density at radius 3 is 2.67 bits per heavy atom. The Bertz CT molecular complexity index is 356. The van der Waals surface area contributed by atoms with Crippen molar-refractivity contribution in [3.63, 3.8) is 0 Å². The molecule has 1 saturated carbocycles. The summed E-state index contributed by atoms with van der Waals surface area (Å²) >= 11 is 0. The van der Waals surface area contributed by atoms with Gasteiger partial charge >= 0.3 is 0 Å². The van der Waals surface area contributed by atoms with Gasteiger partial charge in [-0.3, -0.25) is 0 Å². The van der Waals surface area contributed by atoms with Gasteiger partial charge in [0.15, 0.2) is 0 Å². The molecule has 2 heteroatoms. The van der Waals surface area contributed by atoms with Gasteiger partial charge in [-0.15, -0.1) is 0 Å². The van der Waals surface area contributed by atoms with Crippen molar-refractivity contribution in [2.75, 3.05) is 13.2 Å². The van der Waals surface area contributed by atoms with Crippen molar-refractivity contribution in [3.05, 3.63) is 29.8 Å². The van der Waals surface area contributed by atoms with Crippen LogP contribution in [-0.4, -0.2) is 19.2 Å². The maximum atomic E-state index is 5.90. The van der Waals surface area contributed by atoms with Crippen molar-refractivity contribution in [2.45, 2.75) is 51.5 Å². The van der Waals surface area contributed by atoms with E-state index in [1.165, 1.54) is 31.2 Å². The molecule has 0 spiro atoms. The second-order valence-corrected chi connectivity index (χ2v) is 5.48. The second kappa shape index (κ2) is 6.79. The topological polar surface area (TPSA) is 21.3 Å². The Kier molecular flexibility index (Phi) is 5.06. The summed E-state index contributed by atoms with van der Waals surface area (Å²) in [7, 11) is 0. The van der Waals surface area contributed by atoms with Gasteiger partial charge in [-0.25, -0.2) is 0 Å². The van der Waals surface area contributed by atoms with Gasteiger partial charge in [-0.2, -0.15) is 0 Å². The molecule has 0 heterocycles. The van der Waals surface area contributed by atoms with Gasteiger partial charge in [0.25, 0.3) is 0 Å². The molecule has 1 fully saturated rings. The van der Waals surface area contributed by atoms with Gasteiger partial charge in [-0.1, -0.05) is 44.9 Å². The van der Waals surface area contributed by atoms with Gasteiger partial charge < -0.3 is 10.1 Å². The molecule has 0 saturated heterocycles. The van der Waals surface area contributed by atoms with Crippen molar-refractivity contribution in [1.29, 1.82) is 0 Å². The van der Waals surface area contributed by atoms with Crippen molar-refractivity contribution < 1.29 is 4.74 Å². The van der Waals surface area contributed by atoms with Crippen LogP contribution < -0.4 is 10.1 Å². The first-order chi connectivity index (χ1) is 8.77. The zero-order chi connectivity index (χ0) is 12.8. The highest BCUT2D eigenvalue weighted by Gasteiger charge is 2.13. The number of para-hydroxylation sites is 1. The molecule has 0 unspecified atom stereocenters. The summed E-state index contributed by atoms with van der Waals surface area (Å²) in [5.74, 6) is 1.56. The standard InChI is InChI=1S/C16H25NO/c1-13(2)15-9-5-6-10-16(15)18-12-11-17-14-7-3-4-8-14/h5-6,9-10,13-14,17H,3-4,7-8,11-12H2,1-2H3. The van der Waals surface area contributed by atoms with E-state index in [0.29, 0.717) is 5.92 Å². The Labute approximate surface area is 111 Å². The van der Waals surface area contributed by atoms with E-state index >= 15 is 0 Å². The molecule has 0 amide bonds. The van der Waals surface area contributed by atoms with E-state index in [2.05, 4.69) is 37.4 Å². The molecule has 1 aliphatic rings. The number of benzene rings is 1. The van der Waals surface area contributed by atoms with E-state index in [4.69, 9.17) is 4.74 Å². The molecule has 0 aliphatic heterocycles. The fraction of sp³-hybridized carbons (Fsp3) is 0.625. The summed E-state index contributed by atoms with van der Waals surface area (Å²) in [5, 5.41) is 3.58. The van der Waals surface area contributed by atoms with Gasteiger partial charge in [0.2, 0.25) is 0 Å². The Morgan fingerprint density at radius 2 is 1.94 bits per heavy atom. The van der Waals surface area contributed by atoms with Gasteiger partial charge in [0.1, 0.15) is 12.4 Å². The smallest absolute Gasteiger partial charge is 0.122 e. The molecule has 100 valence electrons. The monoisotopic (exact) mass is 247 g/mol. The molecule has 2 rings (SSSR count). The minimum Gasteiger partial charge on any atom is -0.492 e. The Morgan fingerprint density at radius 1 is 1.22 bits per heavy atom. The summed E-state index contributed by atoms with van der Waals surface area (Å²) in [6.07, 6.45) is 5.44. The molecule has 1 aliphatic carbocycles. The van der Waals surface area contributed by atoms with Crippen LogP contribution in [-0.2, 0) is 0 Å². The second-order valence-electron chi connectivity index (χ2n) is 5.48. The van der Waals surface area contributed by atoms with Crippen LogP contribution in [0.1, 0.15) is 51.0 Å². The lowest BCUT2D eigenvalue weighted by atomic mass is 10.0. The lowest BCUT2D eigenvalue weighted by Gasteiger charge is -2.15. The maximum Gasteiger partial charge on any atom is 0.122 e. The quantitative estimate of drug-likeness (QED) is 0.774. The van der Waals surface area contributed by atoms with E-state index in [9.17, 15) is 0 Å². The first-order valence-electron chi connectivity index (χ1n) is 7.22. The van der Waals surface area contributed by atoms with Crippen LogP contribution in [0.3, 0.4) is 0 Å². The third kappa shape index (κ3) is 3.74. The number of hydrogen-bond donors (Lipinski definition) is 1. The van der Waals surface area contributed by atoms with Crippen LogP contribution in [0.15, 0.2) is 24.3 Å². The average molecular weight is 247 g/mol. The molecular formula is C16H25NO. The number of ether oxygens (including phenoxy) is 1. The van der Waals surface area contributed by atoms with Crippen LogP contribution in [0.5, 0.6) is 5.75 Å². The van der Waals surface area contributed by atoms with Crippen LogP contribution >= 0.6 is 0 Å². The number of nitrogens with one attached hydrogen (secondary N) is 1. The van der Waals surface area contributed by atoms with E-state index in [0.717, 1.165) is 24.9 Å². The minimum atomic E-state index is 0.518. The summed E-state index contributed by atoms with van der Waals surface area (Å²) in [4.78, 5) is 0. The van der Waals surface area contributed by atoms with Gasteiger partial charge in [0.05, 0.1) is 0 Å². The zero-order valence-electron chi connectivity index (χ0n) is 11.6. The highest BCUT2D eigenvalue weighted by atomic mass is 16.5. The lowest BCUT2D eigenvalue weighted by molar-refractivity contribution is 0.301. The van der Waals surface area contributed by atoms with Gasteiger partial charge in [-0.05, 0) is 30.4 Å². The SMILES string of the molecule is CC(C)c1ccccc1OCCNC1CCCC1. The van der Waals surface area contributed by atoms with Gasteiger partial charge in [0, 0.05) is 12.6 Å². The van der Waals surface area contributed by atoms with Crippen molar-refractivity contribution in [2.24, 2.45) is 0 Å². The summed E-state index contributed by atoms with van der Waals surface area (Å²) < 4.78 is 5.90. The fourth-order valence-corrected chi connectivity index (χ4v) is 2.64. The van der Waals surface area contributed by atoms with Crippen molar-refractivity contribution >= 4 is 0 Å². The highest BCUT2D eigenvalue weighted by Crippen LogP contribution is 2.25. The third-order valence-electron chi connectivity index (χ3n) is 3.69. The molecule has 0 radical (unpaired) electrons. The van der Waals surface area contributed by atoms with E-state index in [1.807, 2.05) is 6.07 Å². The van der Waals surface area contributed by atoms with E-state index in [1.54, 1.807) is 0 Å². The molecule has 2 nitrogen and oxygen atoms in total. The molecule has 1 aromatic carbocycles. The minimum absolute atomic E-state index is 0.518. The highest BCUT2D eigenvalue weighted by molar-refractivity contribution is 5.35. The van der Waals surface area contributed by atoms with Crippen LogP contribution in [0.25, 0.3) is 0 Å². The summed E-state index contributed by atoms with van der Waals surface area (Å²) in [6.45, 7) is 6.13. The molecular weight excluding hydrogens is 222 g/mol. The average Bonchev–Trinajstić information content (AvgIpc) is 2.88. The first kappa shape index (κ1) is 13.4. The molecule has 0 bridgehead atoms. The third-order valence-corrected chi connectivity index (χ3v) is 3.69. The van der Waals surface area contributed by atoms with Crippen LogP contribution in [0.2, 0.25) is 0 Å². The Balaban J connectivity index is 1.75. The maximum absolute atomic E-state index is 5.90. The van der Waals surface area contributed by atoms with E-state index in [-0.39, 0.29) is 0 Å². The summed E-state index contributed by atoms with van der Waals surface area (Å²) in [5.41, 5.74) is 1.30. The van der Waals surface area contributed by atoms with Crippen molar-refractivity contribution in [3.8, 4) is 5.75 Å². The molecule has 0 atom stereocenters. The predicted octanol–water partition coefficient (Wildman–Crippen LogP) is 3.72. The summed E-state index contributed by atoms with van der Waals surface area (Å²) in [6, 6.07) is 9.09. The van der Waals surface area contributed by atoms with Crippen LogP contribution in [0.4, 0.5) is 0 Å². The first-order valence-corrected chi connectivity index (χ1v) is 7.22. The molecule has 18 heavy (non-hydrogen) atoms. The zero-order valence-corrected chi connectivity index (χ0v) is 11.6. The Hall–Kier alpha value is -1.02. The molecule has 0 aromatic heterocycles. The predicted molar refractivity (Wildman–Crippen MR) is 76.3 cm³/mol. The van der Waals surface area contributed by atoms with Crippen molar-refractivity contribution in [1.82, 2.24) is 5.32 Å². The largest absolute Gasteiger partial charge is 0.492 e. The van der Waals surface area contributed by atoms with Crippen LogP contribution in [0, 0.1) is 0 Å². The fourth-order valence-electron chi connectivity index (χ4n) is 2.64. The molecule has 1 aromatic rings.